The summed E-state index contributed by atoms with van der Waals surface area (Å²) in [5.74, 6) is -0.574. The van der Waals surface area contributed by atoms with Gasteiger partial charge >= 0.3 is 6.18 Å². The van der Waals surface area contributed by atoms with Crippen LogP contribution in [0.5, 0.6) is 5.75 Å². The number of nitrogen functional groups attached to an aromatic ring is 1. The minimum Gasteiger partial charge on any atom is -0.491 e. The van der Waals surface area contributed by atoms with Crippen LogP contribution in [-0.2, 0) is 0 Å². The van der Waals surface area contributed by atoms with Crippen molar-refractivity contribution in [3.05, 3.63) is 17.9 Å². The zero-order chi connectivity index (χ0) is 14.5. The minimum absolute atomic E-state index is 0.0232. The predicted octanol–water partition coefficient (Wildman–Crippen LogP) is 3.56. The minimum atomic E-state index is -4.17. The largest absolute Gasteiger partial charge is 0.491 e. The molecule has 108 valence electrons. The molecule has 0 bridgehead atoms. The number of anilines is 2. The molecule has 0 saturated heterocycles. The Balaban J connectivity index is 2.60. The molecule has 0 aromatic heterocycles. The van der Waals surface area contributed by atoms with Crippen LogP contribution >= 0.6 is 0 Å². The van der Waals surface area contributed by atoms with Crippen LogP contribution in [0, 0.1) is 5.82 Å². The monoisotopic (exact) mass is 280 g/mol. The average molecular weight is 280 g/mol. The molecule has 0 aliphatic heterocycles. The van der Waals surface area contributed by atoms with Crippen LogP contribution < -0.4 is 15.8 Å². The molecule has 1 aromatic rings. The Morgan fingerprint density at radius 1 is 1.32 bits per heavy atom. The molecule has 3 N–H and O–H groups in total. The summed E-state index contributed by atoms with van der Waals surface area (Å²) in [7, 11) is 0. The molecule has 19 heavy (non-hydrogen) atoms. The van der Waals surface area contributed by atoms with Gasteiger partial charge in [-0.2, -0.15) is 13.2 Å². The van der Waals surface area contributed by atoms with E-state index in [0.29, 0.717) is 5.69 Å². The van der Waals surface area contributed by atoms with Crippen LogP contribution in [0.15, 0.2) is 12.1 Å². The molecular weight excluding hydrogens is 264 g/mol. The summed E-state index contributed by atoms with van der Waals surface area (Å²) in [6, 6.07) is 2.43. The van der Waals surface area contributed by atoms with Crippen molar-refractivity contribution in [1.29, 1.82) is 0 Å². The number of hydrogen-bond acceptors (Lipinski definition) is 3. The van der Waals surface area contributed by atoms with Gasteiger partial charge in [-0.25, -0.2) is 4.39 Å². The van der Waals surface area contributed by atoms with Crippen LogP contribution in [-0.4, -0.2) is 19.3 Å². The maximum Gasteiger partial charge on any atom is 0.389 e. The van der Waals surface area contributed by atoms with Gasteiger partial charge in [0.2, 0.25) is 0 Å². The summed E-state index contributed by atoms with van der Waals surface area (Å²) in [4.78, 5) is 0. The first-order valence-electron chi connectivity index (χ1n) is 5.86. The van der Waals surface area contributed by atoms with Crippen molar-refractivity contribution in [2.45, 2.75) is 25.9 Å². The summed E-state index contributed by atoms with van der Waals surface area (Å²) >= 11 is 0. The van der Waals surface area contributed by atoms with Gasteiger partial charge in [-0.3, -0.25) is 0 Å². The molecule has 7 heteroatoms. The molecule has 3 nitrogen and oxygen atoms in total. The van der Waals surface area contributed by atoms with Gasteiger partial charge in [-0.05, 0) is 13.3 Å². The van der Waals surface area contributed by atoms with E-state index < -0.39 is 18.4 Å². The quantitative estimate of drug-likeness (QED) is 0.476. The molecule has 0 saturated carbocycles. The number of hydrogen-bond donors (Lipinski definition) is 2. The number of nitrogens with two attached hydrogens (primary N) is 1. The highest BCUT2D eigenvalue weighted by atomic mass is 19.4. The second-order valence-electron chi connectivity index (χ2n) is 3.95. The predicted molar refractivity (Wildman–Crippen MR) is 65.8 cm³/mol. The Kier molecular flexibility index (Phi) is 5.26. The van der Waals surface area contributed by atoms with Gasteiger partial charge in [0.1, 0.15) is 0 Å². The number of rotatable bonds is 6. The molecule has 0 fully saturated rings. The van der Waals surface area contributed by atoms with E-state index in [2.05, 4.69) is 5.32 Å². The molecule has 1 aromatic carbocycles. The Morgan fingerprint density at radius 3 is 2.58 bits per heavy atom. The number of halogens is 4. The molecule has 0 spiro atoms. The van der Waals surface area contributed by atoms with Crippen molar-refractivity contribution in [2.75, 3.05) is 24.2 Å². The first kappa shape index (κ1) is 15.4. The molecule has 0 amide bonds. The van der Waals surface area contributed by atoms with Gasteiger partial charge in [-0.1, -0.05) is 0 Å². The zero-order valence-electron chi connectivity index (χ0n) is 10.5. The Hall–Kier alpha value is -1.66. The van der Waals surface area contributed by atoms with E-state index in [1.807, 2.05) is 0 Å². The molecule has 1 rings (SSSR count). The van der Waals surface area contributed by atoms with E-state index >= 15 is 0 Å². The third-order valence-electron chi connectivity index (χ3n) is 2.36. The second-order valence-corrected chi connectivity index (χ2v) is 3.95. The standard InChI is InChI=1S/C12H16F4N2O/c1-2-19-11-7-10(9(17)6-8(11)13)18-5-3-4-12(14,15)16/h6-7,18H,2-5,17H2,1H3. The maximum atomic E-state index is 13.4. The summed E-state index contributed by atoms with van der Waals surface area (Å²) in [6.07, 6.45) is -5.13. The van der Waals surface area contributed by atoms with Gasteiger partial charge in [0.05, 0.1) is 18.0 Å². The molecule has 0 atom stereocenters. The third kappa shape index (κ3) is 5.23. The first-order chi connectivity index (χ1) is 8.83. The smallest absolute Gasteiger partial charge is 0.389 e. The van der Waals surface area contributed by atoms with Crippen LogP contribution in [0.4, 0.5) is 28.9 Å². The fourth-order valence-electron chi connectivity index (χ4n) is 1.50. The zero-order valence-corrected chi connectivity index (χ0v) is 10.5. The number of benzene rings is 1. The molecule has 0 aliphatic carbocycles. The van der Waals surface area contributed by atoms with Gasteiger partial charge < -0.3 is 15.8 Å². The van der Waals surface area contributed by atoms with Crippen LogP contribution in [0.1, 0.15) is 19.8 Å². The highest BCUT2D eigenvalue weighted by molar-refractivity contribution is 5.68. The van der Waals surface area contributed by atoms with Crippen molar-refractivity contribution in [1.82, 2.24) is 0 Å². The Bertz CT molecular complexity index is 421. The Labute approximate surface area is 108 Å². The SMILES string of the molecule is CCOc1cc(NCCCC(F)(F)F)c(N)cc1F. The summed E-state index contributed by atoms with van der Waals surface area (Å²) in [5, 5.41) is 2.74. The molecule has 0 unspecified atom stereocenters. The van der Waals surface area contributed by atoms with E-state index in [4.69, 9.17) is 10.5 Å². The van der Waals surface area contributed by atoms with Crippen molar-refractivity contribution in [3.8, 4) is 5.75 Å². The van der Waals surface area contributed by atoms with E-state index in [1.165, 1.54) is 6.07 Å². The lowest BCUT2D eigenvalue weighted by Gasteiger charge is -2.13. The van der Waals surface area contributed by atoms with Gasteiger partial charge in [0, 0.05) is 25.1 Å². The van der Waals surface area contributed by atoms with E-state index in [1.54, 1.807) is 6.92 Å². The summed E-state index contributed by atoms with van der Waals surface area (Å²) < 4.78 is 54.3. The van der Waals surface area contributed by atoms with Crippen molar-refractivity contribution >= 4 is 11.4 Å². The van der Waals surface area contributed by atoms with Gasteiger partial charge in [0.15, 0.2) is 11.6 Å². The molecule has 0 heterocycles. The second kappa shape index (κ2) is 6.49. The first-order valence-corrected chi connectivity index (χ1v) is 5.86. The van der Waals surface area contributed by atoms with Crippen LogP contribution in [0.2, 0.25) is 0 Å². The molecule has 0 aliphatic rings. The Morgan fingerprint density at radius 2 is 2.00 bits per heavy atom. The lowest BCUT2D eigenvalue weighted by molar-refractivity contribution is -0.134. The van der Waals surface area contributed by atoms with Crippen molar-refractivity contribution < 1.29 is 22.3 Å². The molecule has 0 radical (unpaired) electrons. The van der Waals surface area contributed by atoms with Crippen LogP contribution in [0.25, 0.3) is 0 Å². The number of alkyl halides is 3. The highest BCUT2D eigenvalue weighted by Crippen LogP contribution is 2.28. The van der Waals surface area contributed by atoms with Crippen molar-refractivity contribution in [2.24, 2.45) is 0 Å². The highest BCUT2D eigenvalue weighted by Gasteiger charge is 2.25. The van der Waals surface area contributed by atoms with E-state index in [9.17, 15) is 17.6 Å². The van der Waals surface area contributed by atoms with E-state index in [-0.39, 0.29) is 31.0 Å². The number of ether oxygens (including phenoxy) is 1. The summed E-state index contributed by atoms with van der Waals surface area (Å²) in [6.45, 7) is 2.08. The fraction of sp³-hybridized carbons (Fsp3) is 0.500. The lowest BCUT2D eigenvalue weighted by Crippen LogP contribution is -2.11. The number of nitrogens with one attached hydrogen (secondary N) is 1. The van der Waals surface area contributed by atoms with E-state index in [0.717, 1.165) is 6.07 Å². The maximum absolute atomic E-state index is 13.4. The third-order valence-corrected chi connectivity index (χ3v) is 2.36. The van der Waals surface area contributed by atoms with Gasteiger partial charge in [-0.15, -0.1) is 0 Å². The fourth-order valence-corrected chi connectivity index (χ4v) is 1.50. The van der Waals surface area contributed by atoms with Crippen LogP contribution in [0.3, 0.4) is 0 Å². The average Bonchev–Trinajstić information content (AvgIpc) is 2.28. The van der Waals surface area contributed by atoms with Crippen molar-refractivity contribution in [3.63, 3.8) is 0 Å². The normalized spacial score (nSPS) is 11.4. The molecular formula is C12H16F4N2O. The topological polar surface area (TPSA) is 47.3 Å². The summed E-state index contributed by atoms with van der Waals surface area (Å²) in [5.41, 5.74) is 6.07. The van der Waals surface area contributed by atoms with Gasteiger partial charge in [0.25, 0.3) is 0 Å². The lowest BCUT2D eigenvalue weighted by atomic mass is 10.2.